The SMILES string of the molecule is COc1ccc(N)c(C(O)C(F)(F)F)c1. The molecule has 0 saturated carbocycles. The van der Waals surface area contributed by atoms with Gasteiger partial charge in [-0.1, -0.05) is 0 Å². The molecule has 0 spiro atoms. The zero-order valence-corrected chi connectivity index (χ0v) is 7.88. The summed E-state index contributed by atoms with van der Waals surface area (Å²) in [6.45, 7) is 0. The third-order valence-corrected chi connectivity index (χ3v) is 1.90. The summed E-state index contributed by atoms with van der Waals surface area (Å²) in [5.41, 5.74) is 4.80. The Bertz CT molecular complexity index is 352. The average molecular weight is 221 g/mol. The van der Waals surface area contributed by atoms with Gasteiger partial charge in [0.1, 0.15) is 5.75 Å². The van der Waals surface area contributed by atoms with E-state index >= 15 is 0 Å². The van der Waals surface area contributed by atoms with Crippen LogP contribution < -0.4 is 10.5 Å². The first-order chi connectivity index (χ1) is 6.86. The average Bonchev–Trinajstić information content (AvgIpc) is 2.16. The second-order valence-corrected chi connectivity index (χ2v) is 2.94. The summed E-state index contributed by atoms with van der Waals surface area (Å²) in [5, 5.41) is 9.00. The molecule has 1 aromatic carbocycles. The number of benzene rings is 1. The predicted molar refractivity (Wildman–Crippen MR) is 48.4 cm³/mol. The number of methoxy groups -OCH3 is 1. The number of hydrogen-bond donors (Lipinski definition) is 2. The number of aliphatic hydroxyl groups excluding tert-OH is 1. The molecule has 1 rings (SSSR count). The summed E-state index contributed by atoms with van der Waals surface area (Å²) < 4.78 is 41.4. The Morgan fingerprint density at radius 2 is 2.00 bits per heavy atom. The quantitative estimate of drug-likeness (QED) is 0.749. The van der Waals surface area contributed by atoms with Crippen LogP contribution in [-0.4, -0.2) is 18.4 Å². The molecule has 1 atom stereocenters. The van der Waals surface area contributed by atoms with Gasteiger partial charge in [-0.05, 0) is 18.2 Å². The molecule has 0 saturated heterocycles. The van der Waals surface area contributed by atoms with Crippen molar-refractivity contribution in [1.82, 2.24) is 0 Å². The number of ether oxygens (including phenoxy) is 1. The largest absolute Gasteiger partial charge is 0.497 e. The molecule has 1 unspecified atom stereocenters. The number of nitrogen functional groups attached to an aromatic ring is 1. The first-order valence-corrected chi connectivity index (χ1v) is 4.04. The van der Waals surface area contributed by atoms with E-state index in [1.807, 2.05) is 0 Å². The van der Waals surface area contributed by atoms with Gasteiger partial charge in [0, 0.05) is 11.3 Å². The van der Waals surface area contributed by atoms with E-state index in [2.05, 4.69) is 0 Å². The summed E-state index contributed by atoms with van der Waals surface area (Å²) >= 11 is 0. The number of rotatable bonds is 2. The van der Waals surface area contributed by atoms with Gasteiger partial charge in [-0.25, -0.2) is 0 Å². The fraction of sp³-hybridized carbons (Fsp3) is 0.333. The van der Waals surface area contributed by atoms with E-state index < -0.39 is 17.8 Å². The normalized spacial score (nSPS) is 13.7. The Morgan fingerprint density at radius 1 is 1.40 bits per heavy atom. The van der Waals surface area contributed by atoms with Gasteiger partial charge in [0.15, 0.2) is 6.10 Å². The molecular formula is C9H10F3NO2. The number of anilines is 1. The van der Waals surface area contributed by atoms with Crippen LogP contribution in [0.4, 0.5) is 18.9 Å². The Labute approximate surface area is 84.3 Å². The highest BCUT2D eigenvalue weighted by atomic mass is 19.4. The van der Waals surface area contributed by atoms with Crippen molar-refractivity contribution in [2.75, 3.05) is 12.8 Å². The minimum absolute atomic E-state index is 0.124. The van der Waals surface area contributed by atoms with Crippen LogP contribution in [0, 0.1) is 0 Å². The van der Waals surface area contributed by atoms with Crippen LogP contribution in [0.5, 0.6) is 5.75 Å². The summed E-state index contributed by atoms with van der Waals surface area (Å²) in [6.07, 6.45) is -7.33. The minimum atomic E-state index is -4.74. The molecule has 3 nitrogen and oxygen atoms in total. The van der Waals surface area contributed by atoms with Gasteiger partial charge in [0.05, 0.1) is 7.11 Å². The maximum absolute atomic E-state index is 12.2. The van der Waals surface area contributed by atoms with Gasteiger partial charge in [0.2, 0.25) is 0 Å². The van der Waals surface area contributed by atoms with Crippen molar-refractivity contribution in [3.05, 3.63) is 23.8 Å². The van der Waals surface area contributed by atoms with Crippen LogP contribution >= 0.6 is 0 Å². The van der Waals surface area contributed by atoms with Crippen LogP contribution in [0.3, 0.4) is 0 Å². The molecule has 0 aliphatic carbocycles. The van der Waals surface area contributed by atoms with Crippen LogP contribution in [-0.2, 0) is 0 Å². The molecule has 84 valence electrons. The van der Waals surface area contributed by atoms with E-state index in [-0.39, 0.29) is 11.4 Å². The van der Waals surface area contributed by atoms with Crippen LogP contribution in [0.2, 0.25) is 0 Å². The molecule has 6 heteroatoms. The van der Waals surface area contributed by atoms with Gasteiger partial charge in [-0.2, -0.15) is 13.2 Å². The molecule has 0 fully saturated rings. The van der Waals surface area contributed by atoms with E-state index in [0.717, 1.165) is 6.07 Å². The topological polar surface area (TPSA) is 55.5 Å². The number of alkyl halides is 3. The van der Waals surface area contributed by atoms with Crippen LogP contribution in [0.1, 0.15) is 11.7 Å². The second-order valence-electron chi connectivity index (χ2n) is 2.94. The van der Waals surface area contributed by atoms with Crippen molar-refractivity contribution in [3.63, 3.8) is 0 Å². The predicted octanol–water partition coefficient (Wildman–Crippen LogP) is 1.87. The molecular weight excluding hydrogens is 211 g/mol. The van der Waals surface area contributed by atoms with E-state index in [1.165, 1.54) is 19.2 Å². The van der Waals surface area contributed by atoms with E-state index in [9.17, 15) is 13.2 Å². The van der Waals surface area contributed by atoms with Gasteiger partial charge in [-0.15, -0.1) is 0 Å². The molecule has 0 aliphatic rings. The van der Waals surface area contributed by atoms with E-state index in [4.69, 9.17) is 15.6 Å². The van der Waals surface area contributed by atoms with Crippen LogP contribution in [0.15, 0.2) is 18.2 Å². The molecule has 0 radical (unpaired) electrons. The zero-order valence-electron chi connectivity index (χ0n) is 7.88. The lowest BCUT2D eigenvalue weighted by atomic mass is 10.1. The molecule has 0 bridgehead atoms. The van der Waals surface area contributed by atoms with Gasteiger partial charge < -0.3 is 15.6 Å². The smallest absolute Gasteiger partial charge is 0.418 e. The Kier molecular flexibility index (Phi) is 3.09. The first kappa shape index (κ1) is 11.6. The summed E-state index contributed by atoms with van der Waals surface area (Å²) in [7, 11) is 1.31. The third-order valence-electron chi connectivity index (χ3n) is 1.90. The zero-order chi connectivity index (χ0) is 11.6. The number of hydrogen-bond acceptors (Lipinski definition) is 3. The maximum Gasteiger partial charge on any atom is 0.418 e. The van der Waals surface area contributed by atoms with Crippen molar-refractivity contribution in [1.29, 1.82) is 0 Å². The van der Waals surface area contributed by atoms with Gasteiger partial charge in [0.25, 0.3) is 0 Å². The van der Waals surface area contributed by atoms with Crippen molar-refractivity contribution >= 4 is 5.69 Å². The molecule has 0 aliphatic heterocycles. The number of halogens is 3. The first-order valence-electron chi connectivity index (χ1n) is 4.04. The Hall–Kier alpha value is -1.43. The second kappa shape index (κ2) is 3.98. The monoisotopic (exact) mass is 221 g/mol. The summed E-state index contributed by atoms with van der Waals surface area (Å²) in [4.78, 5) is 0. The molecule has 1 aromatic rings. The lowest BCUT2D eigenvalue weighted by molar-refractivity contribution is -0.206. The number of aliphatic hydroxyl groups is 1. The fourth-order valence-corrected chi connectivity index (χ4v) is 1.09. The lowest BCUT2D eigenvalue weighted by Crippen LogP contribution is -2.21. The Balaban J connectivity index is 3.12. The number of nitrogens with two attached hydrogens (primary N) is 1. The van der Waals surface area contributed by atoms with Crippen molar-refractivity contribution in [2.24, 2.45) is 0 Å². The van der Waals surface area contributed by atoms with Crippen molar-refractivity contribution < 1.29 is 23.0 Å². The highest BCUT2D eigenvalue weighted by Crippen LogP contribution is 2.36. The molecule has 15 heavy (non-hydrogen) atoms. The van der Waals surface area contributed by atoms with Gasteiger partial charge >= 0.3 is 6.18 Å². The van der Waals surface area contributed by atoms with Crippen LogP contribution in [0.25, 0.3) is 0 Å². The Morgan fingerprint density at radius 3 is 2.47 bits per heavy atom. The van der Waals surface area contributed by atoms with Crippen molar-refractivity contribution in [2.45, 2.75) is 12.3 Å². The molecule has 0 amide bonds. The highest BCUT2D eigenvalue weighted by molar-refractivity contribution is 5.51. The standard InChI is InChI=1S/C9H10F3NO2/c1-15-5-2-3-7(13)6(4-5)8(14)9(10,11)12/h2-4,8,14H,13H2,1H3. The van der Waals surface area contributed by atoms with Crippen molar-refractivity contribution in [3.8, 4) is 5.75 Å². The third kappa shape index (κ3) is 2.53. The molecule has 0 heterocycles. The summed E-state index contributed by atoms with van der Waals surface area (Å²) in [6, 6.07) is 3.73. The molecule has 3 N–H and O–H groups in total. The van der Waals surface area contributed by atoms with Gasteiger partial charge in [-0.3, -0.25) is 0 Å². The summed E-state index contributed by atoms with van der Waals surface area (Å²) in [5.74, 6) is 0.211. The minimum Gasteiger partial charge on any atom is -0.497 e. The van der Waals surface area contributed by atoms with E-state index in [1.54, 1.807) is 0 Å². The lowest BCUT2D eigenvalue weighted by Gasteiger charge is -2.17. The van der Waals surface area contributed by atoms with E-state index in [0.29, 0.717) is 0 Å². The fourth-order valence-electron chi connectivity index (χ4n) is 1.09. The highest BCUT2D eigenvalue weighted by Gasteiger charge is 2.40. The molecule has 0 aromatic heterocycles. The maximum atomic E-state index is 12.2.